The van der Waals surface area contributed by atoms with Gasteiger partial charge in [0.1, 0.15) is 21.9 Å². The lowest BCUT2D eigenvalue weighted by molar-refractivity contribution is 0.408. The van der Waals surface area contributed by atoms with Gasteiger partial charge in [-0.3, -0.25) is 0 Å². The highest BCUT2D eigenvalue weighted by atomic mass is 79.9. The second-order valence-corrected chi connectivity index (χ2v) is 5.33. The van der Waals surface area contributed by atoms with E-state index in [2.05, 4.69) is 33.0 Å². The number of aromatic nitrogens is 2. The predicted molar refractivity (Wildman–Crippen MR) is 80.3 cm³/mol. The van der Waals surface area contributed by atoms with E-state index in [1.54, 1.807) is 7.11 Å². The number of ether oxygens (including phenoxy) is 1. The van der Waals surface area contributed by atoms with Crippen LogP contribution in [0.15, 0.2) is 16.7 Å². The van der Waals surface area contributed by atoms with Crippen LogP contribution in [-0.2, 0) is 13.6 Å². The molecule has 0 spiro atoms. The maximum Gasteiger partial charge on any atom is 0.124 e. The molecular formula is C14H18BrN3O. The van der Waals surface area contributed by atoms with Crippen LogP contribution in [0.2, 0.25) is 0 Å². The molecule has 1 heterocycles. The zero-order chi connectivity index (χ0) is 14.2. The lowest BCUT2D eigenvalue weighted by Gasteiger charge is -2.10. The van der Waals surface area contributed by atoms with Crippen LogP contribution in [-0.4, -0.2) is 16.7 Å². The Bertz CT molecular complexity index is 596. The maximum atomic E-state index is 5.69. The van der Waals surface area contributed by atoms with Crippen molar-refractivity contribution in [3.8, 4) is 17.0 Å². The normalized spacial score (nSPS) is 10.8. The molecule has 2 aromatic rings. The second kappa shape index (κ2) is 5.35. The van der Waals surface area contributed by atoms with Gasteiger partial charge in [0, 0.05) is 12.6 Å². The SMILES string of the molecule is COc1c(C)cc(-c2nc(CN)n(C)c2Br)cc1C. The van der Waals surface area contributed by atoms with Gasteiger partial charge < -0.3 is 15.0 Å². The smallest absolute Gasteiger partial charge is 0.124 e. The number of rotatable bonds is 3. The molecule has 0 aliphatic rings. The van der Waals surface area contributed by atoms with E-state index < -0.39 is 0 Å². The van der Waals surface area contributed by atoms with Gasteiger partial charge in [-0.2, -0.15) is 0 Å². The van der Waals surface area contributed by atoms with Gasteiger partial charge in [-0.25, -0.2) is 4.98 Å². The van der Waals surface area contributed by atoms with Gasteiger partial charge >= 0.3 is 0 Å². The third kappa shape index (κ3) is 2.40. The molecule has 0 fully saturated rings. The van der Waals surface area contributed by atoms with Crippen molar-refractivity contribution >= 4 is 15.9 Å². The van der Waals surface area contributed by atoms with Crippen LogP contribution in [0.25, 0.3) is 11.3 Å². The van der Waals surface area contributed by atoms with Gasteiger partial charge in [-0.1, -0.05) is 0 Å². The number of aryl methyl sites for hydroxylation is 2. The number of hydrogen-bond donors (Lipinski definition) is 1. The highest BCUT2D eigenvalue weighted by Crippen LogP contribution is 2.33. The molecule has 0 amide bonds. The summed E-state index contributed by atoms with van der Waals surface area (Å²) in [5.74, 6) is 1.78. The van der Waals surface area contributed by atoms with E-state index in [0.29, 0.717) is 6.54 Å². The molecule has 2 rings (SSSR count). The van der Waals surface area contributed by atoms with E-state index in [-0.39, 0.29) is 0 Å². The second-order valence-electron chi connectivity index (χ2n) is 4.57. The van der Waals surface area contributed by atoms with E-state index in [1.807, 2.05) is 25.5 Å². The Morgan fingerprint density at radius 1 is 1.32 bits per heavy atom. The van der Waals surface area contributed by atoms with Crippen LogP contribution in [0.3, 0.4) is 0 Å². The van der Waals surface area contributed by atoms with Crippen molar-refractivity contribution in [3.63, 3.8) is 0 Å². The fraction of sp³-hybridized carbons (Fsp3) is 0.357. The topological polar surface area (TPSA) is 53.1 Å². The molecule has 4 nitrogen and oxygen atoms in total. The standard InChI is InChI=1S/C14H18BrN3O/c1-8-5-10(6-9(2)13(8)19-4)12-14(15)18(3)11(7-16)17-12/h5-6H,7,16H2,1-4H3. The molecule has 0 radical (unpaired) electrons. The van der Waals surface area contributed by atoms with Gasteiger partial charge in [0.15, 0.2) is 0 Å². The molecule has 0 bridgehead atoms. The van der Waals surface area contributed by atoms with E-state index in [4.69, 9.17) is 10.5 Å². The molecule has 102 valence electrons. The fourth-order valence-corrected chi connectivity index (χ4v) is 2.82. The first-order valence-electron chi connectivity index (χ1n) is 6.06. The van der Waals surface area contributed by atoms with Crippen LogP contribution in [0.1, 0.15) is 17.0 Å². The molecule has 0 saturated carbocycles. The van der Waals surface area contributed by atoms with E-state index in [1.165, 1.54) is 0 Å². The lowest BCUT2D eigenvalue weighted by atomic mass is 10.0. The Morgan fingerprint density at radius 2 is 1.89 bits per heavy atom. The van der Waals surface area contributed by atoms with Crippen molar-refractivity contribution in [3.05, 3.63) is 33.7 Å². The summed E-state index contributed by atoms with van der Waals surface area (Å²) in [5, 5.41) is 0. The molecule has 0 aliphatic carbocycles. The Kier molecular flexibility index (Phi) is 3.96. The van der Waals surface area contributed by atoms with Gasteiger partial charge in [-0.05, 0) is 53.0 Å². The number of imidazole rings is 1. The summed E-state index contributed by atoms with van der Waals surface area (Å²) in [5.41, 5.74) is 9.88. The number of benzene rings is 1. The number of nitrogens with zero attached hydrogens (tertiary/aromatic N) is 2. The van der Waals surface area contributed by atoms with Gasteiger partial charge in [0.2, 0.25) is 0 Å². The number of hydrogen-bond acceptors (Lipinski definition) is 3. The Hall–Kier alpha value is -1.33. The zero-order valence-corrected chi connectivity index (χ0v) is 13.2. The lowest BCUT2D eigenvalue weighted by Crippen LogP contribution is -2.04. The van der Waals surface area contributed by atoms with Crippen molar-refractivity contribution in [1.82, 2.24) is 9.55 Å². The molecule has 2 N–H and O–H groups in total. The Balaban J connectivity index is 2.60. The quantitative estimate of drug-likeness (QED) is 0.944. The largest absolute Gasteiger partial charge is 0.496 e. The molecule has 1 aromatic carbocycles. The van der Waals surface area contributed by atoms with E-state index in [9.17, 15) is 0 Å². The molecule has 0 unspecified atom stereocenters. The summed E-state index contributed by atoms with van der Waals surface area (Å²) < 4.78 is 8.29. The maximum absolute atomic E-state index is 5.69. The first kappa shape index (κ1) is 14.1. The molecule has 0 aliphatic heterocycles. The minimum Gasteiger partial charge on any atom is -0.496 e. The third-order valence-corrected chi connectivity index (χ3v) is 4.15. The van der Waals surface area contributed by atoms with Gasteiger partial charge in [-0.15, -0.1) is 0 Å². The van der Waals surface area contributed by atoms with Crippen LogP contribution in [0.5, 0.6) is 5.75 Å². The van der Waals surface area contributed by atoms with Crippen molar-refractivity contribution in [2.24, 2.45) is 12.8 Å². The first-order chi connectivity index (χ1) is 8.99. The molecule has 19 heavy (non-hydrogen) atoms. The third-order valence-electron chi connectivity index (χ3n) is 3.24. The van der Waals surface area contributed by atoms with E-state index >= 15 is 0 Å². The van der Waals surface area contributed by atoms with Crippen molar-refractivity contribution < 1.29 is 4.74 Å². The van der Waals surface area contributed by atoms with Crippen LogP contribution >= 0.6 is 15.9 Å². The van der Waals surface area contributed by atoms with Gasteiger partial charge in [0.05, 0.1) is 13.7 Å². The van der Waals surface area contributed by atoms with Crippen LogP contribution in [0.4, 0.5) is 0 Å². The number of halogens is 1. The average Bonchev–Trinajstić information content (AvgIpc) is 2.65. The zero-order valence-electron chi connectivity index (χ0n) is 11.6. The summed E-state index contributed by atoms with van der Waals surface area (Å²) >= 11 is 3.58. The summed E-state index contributed by atoms with van der Waals surface area (Å²) in [4.78, 5) is 4.59. The molecular weight excluding hydrogens is 306 g/mol. The molecule has 0 atom stereocenters. The monoisotopic (exact) mass is 323 g/mol. The predicted octanol–water partition coefficient (Wildman–Crippen LogP) is 2.93. The van der Waals surface area contributed by atoms with Crippen molar-refractivity contribution in [2.75, 3.05) is 7.11 Å². The summed E-state index contributed by atoms with van der Waals surface area (Å²) in [6.45, 7) is 4.50. The molecule has 1 aromatic heterocycles. The average molecular weight is 324 g/mol. The minimum atomic E-state index is 0.420. The van der Waals surface area contributed by atoms with Crippen LogP contribution in [0, 0.1) is 13.8 Å². The Labute approximate surface area is 121 Å². The van der Waals surface area contributed by atoms with Crippen LogP contribution < -0.4 is 10.5 Å². The molecule has 0 saturated heterocycles. The molecule has 5 heteroatoms. The first-order valence-corrected chi connectivity index (χ1v) is 6.85. The van der Waals surface area contributed by atoms with E-state index in [0.717, 1.165) is 38.6 Å². The highest BCUT2D eigenvalue weighted by Gasteiger charge is 2.15. The van der Waals surface area contributed by atoms with Gasteiger partial charge in [0.25, 0.3) is 0 Å². The highest BCUT2D eigenvalue weighted by molar-refractivity contribution is 9.10. The minimum absolute atomic E-state index is 0.420. The summed E-state index contributed by atoms with van der Waals surface area (Å²) in [6.07, 6.45) is 0. The number of nitrogens with two attached hydrogens (primary N) is 1. The number of methoxy groups -OCH3 is 1. The summed E-state index contributed by atoms with van der Waals surface area (Å²) in [7, 11) is 3.64. The fourth-order valence-electron chi connectivity index (χ4n) is 2.30. The van der Waals surface area contributed by atoms with Crippen molar-refractivity contribution in [1.29, 1.82) is 0 Å². The Morgan fingerprint density at radius 3 is 2.32 bits per heavy atom. The summed E-state index contributed by atoms with van der Waals surface area (Å²) in [6, 6.07) is 4.17. The van der Waals surface area contributed by atoms with Crippen molar-refractivity contribution in [2.45, 2.75) is 20.4 Å².